The van der Waals surface area contributed by atoms with Crippen molar-refractivity contribution >= 4 is 17.9 Å². The Kier molecular flexibility index (Phi) is 6.97. The number of amides is 2. The highest BCUT2D eigenvalue weighted by Crippen LogP contribution is 2.15. The largest absolute Gasteiger partial charge is 0.497 e. The first-order valence-corrected chi connectivity index (χ1v) is 8.60. The second-order valence-corrected chi connectivity index (χ2v) is 5.63. The van der Waals surface area contributed by atoms with Crippen molar-refractivity contribution in [2.45, 2.75) is 13.8 Å². The third-order valence-corrected chi connectivity index (χ3v) is 3.99. The molecule has 2 rings (SSSR count). The van der Waals surface area contributed by atoms with E-state index in [0.29, 0.717) is 18.7 Å². The second kappa shape index (κ2) is 9.42. The van der Waals surface area contributed by atoms with Gasteiger partial charge in [0.15, 0.2) is 0 Å². The van der Waals surface area contributed by atoms with Crippen LogP contribution in [0.4, 0.5) is 0 Å². The number of likely N-dealkylation sites (N-methyl/N-ethyl adjacent to an activating group) is 1. The van der Waals surface area contributed by atoms with Crippen molar-refractivity contribution in [3.05, 3.63) is 71.4 Å². The predicted molar refractivity (Wildman–Crippen MR) is 103 cm³/mol. The van der Waals surface area contributed by atoms with Crippen LogP contribution in [0.3, 0.4) is 0 Å². The van der Waals surface area contributed by atoms with Gasteiger partial charge in [-0.1, -0.05) is 30.3 Å². The van der Waals surface area contributed by atoms with Crippen molar-refractivity contribution in [2.24, 2.45) is 0 Å². The van der Waals surface area contributed by atoms with Crippen LogP contribution in [0.1, 0.15) is 29.8 Å². The minimum atomic E-state index is -0.314. The van der Waals surface area contributed by atoms with Crippen LogP contribution in [0.5, 0.6) is 5.75 Å². The number of nitrogens with one attached hydrogen (secondary N) is 1. The maximum absolute atomic E-state index is 12.8. The minimum absolute atomic E-state index is 0.213. The number of rotatable bonds is 7. The van der Waals surface area contributed by atoms with Crippen LogP contribution in [0, 0.1) is 0 Å². The number of benzene rings is 2. The summed E-state index contributed by atoms with van der Waals surface area (Å²) in [6.07, 6.45) is 1.68. The molecule has 0 aliphatic carbocycles. The summed E-state index contributed by atoms with van der Waals surface area (Å²) in [6.45, 7) is 4.95. The van der Waals surface area contributed by atoms with E-state index in [1.165, 1.54) is 0 Å². The minimum Gasteiger partial charge on any atom is -0.497 e. The summed E-state index contributed by atoms with van der Waals surface area (Å²) in [4.78, 5) is 27.0. The quantitative estimate of drug-likeness (QED) is 0.778. The Labute approximate surface area is 154 Å². The third-order valence-electron chi connectivity index (χ3n) is 3.99. The van der Waals surface area contributed by atoms with E-state index in [1.54, 1.807) is 42.4 Å². The van der Waals surface area contributed by atoms with Crippen molar-refractivity contribution in [3.63, 3.8) is 0 Å². The van der Waals surface area contributed by atoms with E-state index in [2.05, 4.69) is 5.32 Å². The summed E-state index contributed by atoms with van der Waals surface area (Å²) in [5.74, 6) is 0.202. The molecule has 0 aliphatic rings. The summed E-state index contributed by atoms with van der Waals surface area (Å²) >= 11 is 0. The van der Waals surface area contributed by atoms with E-state index in [4.69, 9.17) is 4.74 Å². The van der Waals surface area contributed by atoms with Gasteiger partial charge < -0.3 is 15.0 Å². The highest BCUT2D eigenvalue weighted by molar-refractivity contribution is 6.05. The topological polar surface area (TPSA) is 58.6 Å². The van der Waals surface area contributed by atoms with Gasteiger partial charge in [0.25, 0.3) is 11.8 Å². The molecule has 2 aromatic carbocycles. The maximum Gasteiger partial charge on any atom is 0.270 e. The number of hydrogen-bond acceptors (Lipinski definition) is 3. The van der Waals surface area contributed by atoms with Crippen molar-refractivity contribution in [2.75, 3.05) is 20.2 Å². The molecule has 0 heterocycles. The van der Waals surface area contributed by atoms with Crippen molar-refractivity contribution in [1.29, 1.82) is 0 Å². The molecule has 0 radical (unpaired) electrons. The number of carbonyl (C=O) groups excluding carboxylic acids is 2. The Morgan fingerprint density at radius 3 is 2.15 bits per heavy atom. The Morgan fingerprint density at radius 2 is 1.62 bits per heavy atom. The number of carbonyl (C=O) groups is 2. The highest BCUT2D eigenvalue weighted by atomic mass is 16.5. The molecule has 0 aromatic heterocycles. The molecule has 2 aromatic rings. The summed E-state index contributed by atoms with van der Waals surface area (Å²) in [5.41, 5.74) is 1.54. The van der Waals surface area contributed by atoms with Gasteiger partial charge in [-0.25, -0.2) is 0 Å². The van der Waals surface area contributed by atoms with Crippen LogP contribution in [-0.4, -0.2) is 36.9 Å². The Morgan fingerprint density at radius 1 is 1.00 bits per heavy atom. The molecule has 0 unspecified atom stereocenters. The molecule has 26 heavy (non-hydrogen) atoms. The van der Waals surface area contributed by atoms with Gasteiger partial charge in [-0.3, -0.25) is 9.59 Å². The molecule has 0 bridgehead atoms. The summed E-state index contributed by atoms with van der Waals surface area (Å²) in [7, 11) is 1.60. The average Bonchev–Trinajstić information content (AvgIpc) is 2.69. The third kappa shape index (κ3) is 4.96. The van der Waals surface area contributed by atoms with E-state index < -0.39 is 0 Å². The van der Waals surface area contributed by atoms with E-state index in [-0.39, 0.29) is 17.5 Å². The fourth-order valence-corrected chi connectivity index (χ4v) is 2.48. The van der Waals surface area contributed by atoms with Crippen LogP contribution in [-0.2, 0) is 4.79 Å². The highest BCUT2D eigenvalue weighted by Gasteiger charge is 2.18. The molecule has 5 nitrogen and oxygen atoms in total. The molecule has 2 amide bonds. The second-order valence-electron chi connectivity index (χ2n) is 5.63. The van der Waals surface area contributed by atoms with Crippen LogP contribution in [0.2, 0.25) is 0 Å². The van der Waals surface area contributed by atoms with Gasteiger partial charge in [0.1, 0.15) is 11.4 Å². The van der Waals surface area contributed by atoms with Crippen LogP contribution < -0.4 is 10.1 Å². The fourth-order valence-electron chi connectivity index (χ4n) is 2.48. The van der Waals surface area contributed by atoms with Crippen LogP contribution >= 0.6 is 0 Å². The van der Waals surface area contributed by atoms with E-state index in [9.17, 15) is 9.59 Å². The Balaban J connectivity index is 2.32. The molecule has 0 aliphatic heterocycles. The normalized spacial score (nSPS) is 11.0. The Hall–Kier alpha value is -3.08. The van der Waals surface area contributed by atoms with Gasteiger partial charge in [-0.15, -0.1) is 0 Å². The lowest BCUT2D eigenvalue weighted by Crippen LogP contribution is -2.38. The van der Waals surface area contributed by atoms with Crippen LogP contribution in [0.25, 0.3) is 6.08 Å². The van der Waals surface area contributed by atoms with Crippen LogP contribution in [0.15, 0.2) is 60.3 Å². The van der Waals surface area contributed by atoms with Gasteiger partial charge in [-0.05, 0) is 49.8 Å². The molecular formula is C21H24N2O3. The molecule has 136 valence electrons. The van der Waals surface area contributed by atoms with E-state index in [0.717, 1.165) is 11.3 Å². The first kappa shape index (κ1) is 19.2. The molecule has 1 N–H and O–H groups in total. The first-order chi connectivity index (χ1) is 12.6. The lowest BCUT2D eigenvalue weighted by molar-refractivity contribution is -0.127. The molecule has 0 fully saturated rings. The SMILES string of the molecule is CCN(CC)C(=O)/C(=C\c1ccc(OC)cc1)NC(=O)c1ccccc1. The molecule has 0 atom stereocenters. The monoisotopic (exact) mass is 352 g/mol. The number of methoxy groups -OCH3 is 1. The molecule has 0 spiro atoms. The average molecular weight is 352 g/mol. The predicted octanol–water partition coefficient (Wildman–Crippen LogP) is 3.33. The zero-order valence-corrected chi connectivity index (χ0v) is 15.4. The van der Waals surface area contributed by atoms with Gasteiger partial charge in [0.05, 0.1) is 7.11 Å². The number of hydrogen-bond donors (Lipinski definition) is 1. The van der Waals surface area contributed by atoms with Crippen molar-refractivity contribution in [1.82, 2.24) is 10.2 Å². The standard InChI is InChI=1S/C21H24N2O3/c1-4-23(5-2)21(25)19(15-16-11-13-18(26-3)14-12-16)22-20(24)17-9-7-6-8-10-17/h6-15H,4-5H2,1-3H3,(H,22,24)/b19-15+. The van der Waals surface area contributed by atoms with Gasteiger partial charge in [0.2, 0.25) is 0 Å². The van der Waals surface area contributed by atoms with Gasteiger partial charge in [0, 0.05) is 18.7 Å². The van der Waals surface area contributed by atoms with Gasteiger partial charge >= 0.3 is 0 Å². The maximum atomic E-state index is 12.8. The number of ether oxygens (including phenoxy) is 1. The molecule has 0 saturated heterocycles. The van der Waals surface area contributed by atoms with E-state index in [1.807, 2.05) is 44.2 Å². The van der Waals surface area contributed by atoms with Gasteiger partial charge in [-0.2, -0.15) is 0 Å². The lowest BCUT2D eigenvalue weighted by atomic mass is 10.1. The summed E-state index contributed by atoms with van der Waals surface area (Å²) in [5, 5.41) is 2.76. The van der Waals surface area contributed by atoms with E-state index >= 15 is 0 Å². The first-order valence-electron chi connectivity index (χ1n) is 8.60. The molecule has 5 heteroatoms. The molecule has 0 saturated carbocycles. The lowest BCUT2D eigenvalue weighted by Gasteiger charge is -2.21. The van der Waals surface area contributed by atoms with Crippen molar-refractivity contribution in [3.8, 4) is 5.75 Å². The Bertz CT molecular complexity index is 764. The smallest absolute Gasteiger partial charge is 0.270 e. The zero-order chi connectivity index (χ0) is 18.9. The zero-order valence-electron chi connectivity index (χ0n) is 15.4. The summed E-state index contributed by atoms with van der Waals surface area (Å²) < 4.78 is 5.15. The number of nitrogens with zero attached hydrogens (tertiary/aromatic N) is 1. The van der Waals surface area contributed by atoms with Crippen molar-refractivity contribution < 1.29 is 14.3 Å². The summed E-state index contributed by atoms with van der Waals surface area (Å²) in [6, 6.07) is 16.1. The fraction of sp³-hybridized carbons (Fsp3) is 0.238. The molecular weight excluding hydrogens is 328 g/mol.